The topological polar surface area (TPSA) is 54.9 Å². The maximum Gasteiger partial charge on any atom is 0.259 e. The Morgan fingerprint density at radius 1 is 1.00 bits per heavy atom. The van der Waals surface area contributed by atoms with Gasteiger partial charge in [0.05, 0.1) is 11.3 Å². The third-order valence-electron chi connectivity index (χ3n) is 3.96. The first kappa shape index (κ1) is 16.8. The lowest BCUT2D eigenvalue weighted by Gasteiger charge is -2.10. The number of nitrogens with zero attached hydrogens (tertiary/aromatic N) is 2. The van der Waals surface area contributed by atoms with Crippen LogP contribution in [0.3, 0.4) is 0 Å². The van der Waals surface area contributed by atoms with E-state index in [1.54, 1.807) is 6.20 Å². The van der Waals surface area contributed by atoms with Gasteiger partial charge in [0.15, 0.2) is 0 Å². The molecule has 1 heterocycles. The van der Waals surface area contributed by atoms with Gasteiger partial charge in [-0.2, -0.15) is 0 Å². The molecular formula is C21H21N3O. The van der Waals surface area contributed by atoms with Crippen LogP contribution in [0.5, 0.6) is 0 Å². The molecule has 3 aromatic rings. The number of benzene rings is 2. The monoisotopic (exact) mass is 331 g/mol. The molecule has 0 saturated heterocycles. The summed E-state index contributed by atoms with van der Waals surface area (Å²) in [7, 11) is 0. The molecule has 0 aliphatic rings. The number of nitrogens with one attached hydrogen (secondary N) is 1. The molecule has 0 spiro atoms. The van der Waals surface area contributed by atoms with Crippen molar-refractivity contribution in [1.29, 1.82) is 0 Å². The number of anilines is 1. The lowest BCUT2D eigenvalue weighted by Crippen LogP contribution is -2.15. The summed E-state index contributed by atoms with van der Waals surface area (Å²) in [6, 6.07) is 16.0. The Hall–Kier alpha value is -3.01. The zero-order valence-electron chi connectivity index (χ0n) is 14.7. The average molecular weight is 331 g/mol. The molecule has 2 aromatic carbocycles. The first-order valence-electron chi connectivity index (χ1n) is 8.27. The van der Waals surface area contributed by atoms with Gasteiger partial charge in [0.1, 0.15) is 5.82 Å². The predicted molar refractivity (Wildman–Crippen MR) is 99.9 cm³/mol. The van der Waals surface area contributed by atoms with Gasteiger partial charge in [-0.1, -0.05) is 36.4 Å². The third kappa shape index (κ3) is 4.29. The maximum absolute atomic E-state index is 12.5. The van der Waals surface area contributed by atoms with E-state index in [4.69, 9.17) is 0 Å². The minimum Gasteiger partial charge on any atom is -0.322 e. The van der Waals surface area contributed by atoms with Gasteiger partial charge in [0.25, 0.3) is 5.91 Å². The normalized spacial score (nSPS) is 10.5. The van der Waals surface area contributed by atoms with Crippen molar-refractivity contribution in [3.05, 3.63) is 88.5 Å². The van der Waals surface area contributed by atoms with E-state index in [9.17, 15) is 4.79 Å². The fourth-order valence-corrected chi connectivity index (χ4v) is 2.85. The summed E-state index contributed by atoms with van der Waals surface area (Å²) in [5.74, 6) is 0.528. The Kier molecular flexibility index (Phi) is 4.89. The predicted octanol–water partition coefficient (Wildman–Crippen LogP) is 4.24. The number of rotatable bonds is 4. The Labute approximate surface area is 148 Å². The number of carbonyl (C=O) groups is 1. The summed E-state index contributed by atoms with van der Waals surface area (Å²) >= 11 is 0. The Morgan fingerprint density at radius 2 is 1.68 bits per heavy atom. The van der Waals surface area contributed by atoms with E-state index in [2.05, 4.69) is 21.4 Å². The number of aryl methyl sites for hydroxylation is 3. The van der Waals surface area contributed by atoms with Gasteiger partial charge in [-0.15, -0.1) is 0 Å². The zero-order chi connectivity index (χ0) is 17.8. The van der Waals surface area contributed by atoms with Crippen molar-refractivity contribution in [3.63, 3.8) is 0 Å². The van der Waals surface area contributed by atoms with Crippen LogP contribution >= 0.6 is 0 Å². The number of carbonyl (C=O) groups excluding carboxylic acids is 1. The minimum absolute atomic E-state index is 0.186. The molecule has 4 nitrogen and oxygen atoms in total. The van der Waals surface area contributed by atoms with Crippen LogP contribution in [0.2, 0.25) is 0 Å². The molecule has 0 atom stereocenters. The van der Waals surface area contributed by atoms with E-state index in [0.717, 1.165) is 22.4 Å². The first-order valence-corrected chi connectivity index (χ1v) is 8.27. The van der Waals surface area contributed by atoms with Crippen molar-refractivity contribution >= 4 is 11.6 Å². The summed E-state index contributed by atoms with van der Waals surface area (Å²) < 4.78 is 0. The number of aromatic nitrogens is 2. The lowest BCUT2D eigenvalue weighted by atomic mass is 10.1. The van der Waals surface area contributed by atoms with Gasteiger partial charge in [0.2, 0.25) is 0 Å². The molecule has 1 N–H and O–H groups in total. The van der Waals surface area contributed by atoms with Crippen LogP contribution in [0.15, 0.2) is 54.7 Å². The highest BCUT2D eigenvalue weighted by Crippen LogP contribution is 2.16. The molecular weight excluding hydrogens is 310 g/mol. The highest BCUT2D eigenvalue weighted by atomic mass is 16.1. The second kappa shape index (κ2) is 7.26. The van der Waals surface area contributed by atoms with Crippen molar-refractivity contribution in [3.8, 4) is 0 Å². The van der Waals surface area contributed by atoms with Gasteiger partial charge >= 0.3 is 0 Å². The summed E-state index contributed by atoms with van der Waals surface area (Å²) in [6.07, 6.45) is 2.26. The molecule has 126 valence electrons. The zero-order valence-corrected chi connectivity index (χ0v) is 14.7. The molecule has 0 saturated carbocycles. The van der Waals surface area contributed by atoms with Crippen LogP contribution in [0.4, 0.5) is 5.69 Å². The third-order valence-corrected chi connectivity index (χ3v) is 3.96. The standard InChI is InChI=1S/C21H21N3O/c1-14-9-15(2)11-18(10-14)24-21(25)19-13-22-20(23-16(19)3)12-17-7-5-4-6-8-17/h4-11,13H,12H2,1-3H3,(H,24,25). The maximum atomic E-state index is 12.5. The average Bonchev–Trinajstić information content (AvgIpc) is 2.54. The van der Waals surface area contributed by atoms with Crippen molar-refractivity contribution in [2.75, 3.05) is 5.32 Å². The van der Waals surface area contributed by atoms with Crippen LogP contribution in [0.25, 0.3) is 0 Å². The van der Waals surface area contributed by atoms with Crippen molar-refractivity contribution in [2.24, 2.45) is 0 Å². The molecule has 25 heavy (non-hydrogen) atoms. The molecule has 1 aromatic heterocycles. The minimum atomic E-state index is -0.186. The molecule has 0 aliphatic carbocycles. The van der Waals surface area contributed by atoms with Gasteiger partial charge in [-0.05, 0) is 49.6 Å². The van der Waals surface area contributed by atoms with Crippen LogP contribution < -0.4 is 5.32 Å². The van der Waals surface area contributed by atoms with Crippen LogP contribution in [-0.2, 0) is 6.42 Å². The molecule has 0 unspecified atom stereocenters. The summed E-state index contributed by atoms with van der Waals surface area (Å²) in [6.45, 7) is 5.86. The Balaban J connectivity index is 1.77. The highest BCUT2D eigenvalue weighted by Gasteiger charge is 2.12. The number of hydrogen-bond donors (Lipinski definition) is 1. The van der Waals surface area contributed by atoms with E-state index in [0.29, 0.717) is 23.5 Å². The second-order valence-corrected chi connectivity index (χ2v) is 6.28. The van der Waals surface area contributed by atoms with E-state index in [1.165, 1.54) is 0 Å². The second-order valence-electron chi connectivity index (χ2n) is 6.28. The largest absolute Gasteiger partial charge is 0.322 e. The molecule has 0 bridgehead atoms. The molecule has 3 rings (SSSR count). The van der Waals surface area contributed by atoms with E-state index >= 15 is 0 Å². The van der Waals surface area contributed by atoms with Gasteiger partial charge in [-0.25, -0.2) is 9.97 Å². The molecule has 0 radical (unpaired) electrons. The van der Waals surface area contributed by atoms with E-state index in [-0.39, 0.29) is 5.91 Å². The molecule has 1 amide bonds. The molecule has 0 aliphatic heterocycles. The van der Waals surface area contributed by atoms with Gasteiger partial charge < -0.3 is 5.32 Å². The summed E-state index contributed by atoms with van der Waals surface area (Å²) in [5.41, 5.74) is 5.34. The van der Waals surface area contributed by atoms with Crippen molar-refractivity contribution in [1.82, 2.24) is 9.97 Å². The van der Waals surface area contributed by atoms with Gasteiger partial charge in [-0.3, -0.25) is 4.79 Å². The highest BCUT2D eigenvalue weighted by molar-refractivity contribution is 6.04. The number of hydrogen-bond acceptors (Lipinski definition) is 3. The Morgan fingerprint density at radius 3 is 2.32 bits per heavy atom. The summed E-state index contributed by atoms with van der Waals surface area (Å²) in [4.78, 5) is 21.4. The fourth-order valence-electron chi connectivity index (χ4n) is 2.85. The van der Waals surface area contributed by atoms with Crippen LogP contribution in [0, 0.1) is 20.8 Å². The molecule has 4 heteroatoms. The van der Waals surface area contributed by atoms with Crippen LogP contribution in [-0.4, -0.2) is 15.9 Å². The van der Waals surface area contributed by atoms with Crippen LogP contribution in [0.1, 0.15) is 38.6 Å². The lowest BCUT2D eigenvalue weighted by molar-refractivity contribution is 0.102. The molecule has 0 fully saturated rings. The summed E-state index contributed by atoms with van der Waals surface area (Å²) in [5, 5.41) is 2.93. The van der Waals surface area contributed by atoms with E-state index < -0.39 is 0 Å². The van der Waals surface area contributed by atoms with Gasteiger partial charge in [0, 0.05) is 18.3 Å². The van der Waals surface area contributed by atoms with E-state index in [1.807, 2.05) is 63.2 Å². The van der Waals surface area contributed by atoms with Crippen molar-refractivity contribution in [2.45, 2.75) is 27.2 Å². The quantitative estimate of drug-likeness (QED) is 0.778. The first-order chi connectivity index (χ1) is 12.0. The van der Waals surface area contributed by atoms with Crippen molar-refractivity contribution < 1.29 is 4.79 Å². The number of amides is 1. The SMILES string of the molecule is Cc1cc(C)cc(NC(=O)c2cnc(Cc3ccccc3)nc2C)c1. The smallest absolute Gasteiger partial charge is 0.259 e. The fraction of sp³-hybridized carbons (Fsp3) is 0.190. The Bertz CT molecular complexity index is 884.